The summed E-state index contributed by atoms with van der Waals surface area (Å²) in [4.78, 5) is 0. The molecule has 0 heteroatoms. The summed E-state index contributed by atoms with van der Waals surface area (Å²) in [5.74, 6) is 5.40. The highest BCUT2D eigenvalue weighted by Gasteiger charge is 2.41. The fourth-order valence-electron chi connectivity index (χ4n) is 4.81. The molecule has 0 amide bonds. The van der Waals surface area contributed by atoms with Gasteiger partial charge >= 0.3 is 0 Å². The minimum Gasteiger partial charge on any atom is -0.0733 e. The molecule has 98 valence electrons. The minimum absolute atomic E-state index is 0.751. The van der Waals surface area contributed by atoms with Crippen molar-refractivity contribution in [2.45, 2.75) is 60.8 Å². The van der Waals surface area contributed by atoms with Crippen LogP contribution < -0.4 is 0 Å². The lowest BCUT2D eigenvalue weighted by Gasteiger charge is -2.48. The molecule has 0 nitrogen and oxygen atoms in total. The molecule has 0 aromatic heterocycles. The smallest absolute Gasteiger partial charge is 0.0195 e. The molecule has 17 heavy (non-hydrogen) atoms. The van der Waals surface area contributed by atoms with E-state index in [0.717, 1.165) is 35.5 Å². The molecule has 0 aromatic carbocycles. The Kier molecular flexibility index (Phi) is 3.71. The summed E-state index contributed by atoms with van der Waals surface area (Å²) in [7, 11) is 0. The maximum absolute atomic E-state index is 2.50. The molecule has 0 saturated heterocycles. The van der Waals surface area contributed by atoms with Crippen molar-refractivity contribution in [1.29, 1.82) is 0 Å². The van der Waals surface area contributed by atoms with E-state index in [9.17, 15) is 0 Å². The van der Waals surface area contributed by atoms with Gasteiger partial charge in [0.15, 0.2) is 0 Å². The zero-order valence-electron chi connectivity index (χ0n) is 12.6. The Morgan fingerprint density at radius 1 is 1.00 bits per heavy atom. The van der Waals surface area contributed by atoms with Gasteiger partial charge in [-0.2, -0.15) is 0 Å². The molecule has 0 aliphatic heterocycles. The molecule has 0 radical (unpaired) electrons. The van der Waals surface area contributed by atoms with E-state index in [4.69, 9.17) is 0 Å². The maximum atomic E-state index is 2.50. The number of fused-ring (bicyclic) bond motifs is 1. The largest absolute Gasteiger partial charge is 0.0733 e. The highest BCUT2D eigenvalue weighted by atomic mass is 14.5. The van der Waals surface area contributed by atoms with Crippen LogP contribution >= 0.6 is 0 Å². The molecule has 0 aromatic rings. The first kappa shape index (κ1) is 13.2. The van der Waals surface area contributed by atoms with Crippen LogP contribution in [0.25, 0.3) is 0 Å². The third kappa shape index (κ3) is 2.20. The van der Waals surface area contributed by atoms with Crippen LogP contribution in [0.3, 0.4) is 0 Å². The first-order chi connectivity index (χ1) is 7.93. The fraction of sp³-hybridized carbons (Fsp3) is 0.882. The monoisotopic (exact) mass is 234 g/mol. The second-order valence-electron chi connectivity index (χ2n) is 7.12. The van der Waals surface area contributed by atoms with Crippen molar-refractivity contribution in [2.75, 3.05) is 0 Å². The van der Waals surface area contributed by atoms with Crippen molar-refractivity contribution in [1.82, 2.24) is 0 Å². The lowest BCUT2D eigenvalue weighted by Crippen LogP contribution is -2.39. The molecular weight excluding hydrogens is 204 g/mol. The van der Waals surface area contributed by atoms with Gasteiger partial charge in [0, 0.05) is 0 Å². The molecular formula is C17H30. The van der Waals surface area contributed by atoms with E-state index in [0.29, 0.717) is 0 Å². The molecule has 0 heterocycles. The van der Waals surface area contributed by atoms with E-state index in [1.807, 2.05) is 0 Å². The highest BCUT2D eigenvalue weighted by molar-refractivity contribution is 5.23. The summed E-state index contributed by atoms with van der Waals surface area (Å²) < 4.78 is 0. The van der Waals surface area contributed by atoms with Crippen molar-refractivity contribution in [3.63, 3.8) is 0 Å². The van der Waals surface area contributed by atoms with Crippen LogP contribution in [0, 0.1) is 35.5 Å². The van der Waals surface area contributed by atoms with E-state index in [-0.39, 0.29) is 0 Å². The number of hydrogen-bond acceptors (Lipinski definition) is 0. The van der Waals surface area contributed by atoms with Crippen molar-refractivity contribution < 1.29 is 0 Å². The summed E-state index contributed by atoms with van der Waals surface area (Å²) >= 11 is 0. The quantitative estimate of drug-likeness (QED) is 0.540. The highest BCUT2D eigenvalue weighted by Crippen LogP contribution is 2.51. The summed E-state index contributed by atoms with van der Waals surface area (Å²) in [6, 6.07) is 0. The van der Waals surface area contributed by atoms with Gasteiger partial charge in [-0.25, -0.2) is 0 Å². The zero-order chi connectivity index (χ0) is 12.7. The Labute approximate surface area is 108 Å². The fourth-order valence-corrected chi connectivity index (χ4v) is 4.81. The molecule has 1 fully saturated rings. The summed E-state index contributed by atoms with van der Waals surface area (Å²) in [6.07, 6.45) is 4.31. The zero-order valence-corrected chi connectivity index (χ0v) is 12.6. The third-order valence-corrected chi connectivity index (χ3v) is 5.87. The van der Waals surface area contributed by atoms with Crippen molar-refractivity contribution in [3.05, 3.63) is 11.1 Å². The molecule has 5 unspecified atom stereocenters. The molecule has 1 saturated carbocycles. The van der Waals surface area contributed by atoms with E-state index < -0.39 is 0 Å². The number of allylic oxidation sites excluding steroid dienone is 2. The van der Waals surface area contributed by atoms with Crippen molar-refractivity contribution >= 4 is 0 Å². The minimum atomic E-state index is 0.751. The lowest BCUT2D eigenvalue weighted by atomic mass is 9.57. The van der Waals surface area contributed by atoms with Crippen LogP contribution in [-0.4, -0.2) is 0 Å². The molecule has 0 N–H and O–H groups in total. The van der Waals surface area contributed by atoms with Crippen LogP contribution in [0.15, 0.2) is 11.1 Å². The van der Waals surface area contributed by atoms with Crippen LogP contribution in [-0.2, 0) is 0 Å². The van der Waals surface area contributed by atoms with Crippen molar-refractivity contribution in [2.24, 2.45) is 35.5 Å². The topological polar surface area (TPSA) is 0 Å². The molecule has 2 aliphatic rings. The maximum Gasteiger partial charge on any atom is -0.0195 e. The summed E-state index contributed by atoms with van der Waals surface area (Å²) in [6.45, 7) is 14.6. The Hall–Kier alpha value is -0.260. The Bertz CT molecular complexity index is 310. The number of hydrogen-bond donors (Lipinski definition) is 0. The van der Waals surface area contributed by atoms with Gasteiger partial charge in [0.1, 0.15) is 0 Å². The van der Waals surface area contributed by atoms with Crippen LogP contribution in [0.5, 0.6) is 0 Å². The third-order valence-electron chi connectivity index (χ3n) is 5.87. The van der Waals surface area contributed by atoms with Gasteiger partial charge in [0.2, 0.25) is 0 Å². The summed E-state index contributed by atoms with van der Waals surface area (Å²) in [5, 5.41) is 0. The molecule has 5 atom stereocenters. The predicted octanol–water partition coefficient (Wildman–Crippen LogP) is 5.30. The van der Waals surface area contributed by atoms with E-state index in [1.54, 1.807) is 11.1 Å². The average molecular weight is 234 g/mol. The normalized spacial score (nSPS) is 42.9. The first-order valence-corrected chi connectivity index (χ1v) is 7.63. The van der Waals surface area contributed by atoms with E-state index in [2.05, 4.69) is 41.5 Å². The van der Waals surface area contributed by atoms with Gasteiger partial charge in [-0.1, -0.05) is 52.2 Å². The van der Waals surface area contributed by atoms with E-state index in [1.165, 1.54) is 19.3 Å². The van der Waals surface area contributed by atoms with Gasteiger partial charge in [0.25, 0.3) is 0 Å². The Morgan fingerprint density at radius 2 is 1.65 bits per heavy atom. The van der Waals surface area contributed by atoms with Crippen molar-refractivity contribution in [3.8, 4) is 0 Å². The van der Waals surface area contributed by atoms with Crippen LogP contribution in [0.2, 0.25) is 0 Å². The average Bonchev–Trinajstić information content (AvgIpc) is 2.23. The Balaban J connectivity index is 2.28. The summed E-state index contributed by atoms with van der Waals surface area (Å²) in [5.41, 5.74) is 3.50. The standard InChI is InChI=1S/C17H30/c1-10(2)17-12(4)9-16-13(5)11(3)7-8-15(16)14(17)6/h10-11,13-16H,7-9H2,1-6H3. The van der Waals surface area contributed by atoms with Gasteiger partial charge in [-0.05, 0) is 55.3 Å². The van der Waals surface area contributed by atoms with Crippen LogP contribution in [0.1, 0.15) is 60.8 Å². The van der Waals surface area contributed by atoms with E-state index >= 15 is 0 Å². The van der Waals surface area contributed by atoms with Gasteiger partial charge in [-0.3, -0.25) is 0 Å². The SMILES string of the molecule is CC1=C(C(C)C)C(C)C2CCC(C)C(C)C2C1. The molecule has 2 rings (SSSR count). The Morgan fingerprint density at radius 3 is 2.24 bits per heavy atom. The van der Waals surface area contributed by atoms with Crippen LogP contribution in [0.4, 0.5) is 0 Å². The number of rotatable bonds is 1. The first-order valence-electron chi connectivity index (χ1n) is 7.63. The lowest BCUT2D eigenvalue weighted by molar-refractivity contribution is 0.0718. The second kappa shape index (κ2) is 4.78. The van der Waals surface area contributed by atoms with Gasteiger partial charge in [0.05, 0.1) is 0 Å². The molecule has 0 bridgehead atoms. The van der Waals surface area contributed by atoms with Gasteiger partial charge in [-0.15, -0.1) is 0 Å². The molecule has 0 spiro atoms. The van der Waals surface area contributed by atoms with Gasteiger partial charge < -0.3 is 0 Å². The second-order valence-corrected chi connectivity index (χ2v) is 7.12. The molecule has 2 aliphatic carbocycles. The predicted molar refractivity (Wildman–Crippen MR) is 75.9 cm³/mol.